The summed E-state index contributed by atoms with van der Waals surface area (Å²) in [7, 11) is 0. The average Bonchev–Trinajstić information content (AvgIpc) is 2.20. The lowest BCUT2D eigenvalue weighted by Gasteiger charge is -2.27. The van der Waals surface area contributed by atoms with E-state index in [1.165, 1.54) is 0 Å². The molecule has 0 spiro atoms. The van der Waals surface area contributed by atoms with Crippen molar-refractivity contribution in [3.8, 4) is 6.07 Å². The first-order chi connectivity index (χ1) is 6.74. The van der Waals surface area contributed by atoms with Crippen molar-refractivity contribution in [1.82, 2.24) is 5.32 Å². The molecule has 1 aliphatic rings. The number of nitrogens with zero attached hydrogens (tertiary/aromatic N) is 1. The van der Waals surface area contributed by atoms with Gasteiger partial charge in [0.1, 0.15) is 6.04 Å². The summed E-state index contributed by atoms with van der Waals surface area (Å²) >= 11 is 0. The predicted molar refractivity (Wildman–Crippen MR) is 55.8 cm³/mol. The molecular formula is C11H20N2O. The lowest BCUT2D eigenvalue weighted by atomic mass is 9.94. The van der Waals surface area contributed by atoms with Crippen molar-refractivity contribution in [3.63, 3.8) is 0 Å². The third-order valence-electron chi connectivity index (χ3n) is 2.55. The van der Waals surface area contributed by atoms with Gasteiger partial charge in [-0.2, -0.15) is 5.26 Å². The van der Waals surface area contributed by atoms with Crippen molar-refractivity contribution < 1.29 is 4.74 Å². The largest absolute Gasteiger partial charge is 0.381 e. The monoisotopic (exact) mass is 196 g/mol. The summed E-state index contributed by atoms with van der Waals surface area (Å²) in [5, 5.41) is 12.3. The summed E-state index contributed by atoms with van der Waals surface area (Å²) < 4.78 is 5.38. The van der Waals surface area contributed by atoms with E-state index in [0.717, 1.165) is 32.6 Å². The lowest BCUT2D eigenvalue weighted by Crippen LogP contribution is -2.40. The van der Waals surface area contributed by atoms with Crippen LogP contribution in [0.5, 0.6) is 0 Å². The SMILES string of the molecule is CC(C)CNC(C#N)C1CCCOC1. The highest BCUT2D eigenvalue weighted by Crippen LogP contribution is 2.17. The normalized spacial score (nSPS) is 24.6. The van der Waals surface area contributed by atoms with E-state index in [0.29, 0.717) is 11.8 Å². The summed E-state index contributed by atoms with van der Waals surface area (Å²) in [5.41, 5.74) is 0. The van der Waals surface area contributed by atoms with E-state index in [4.69, 9.17) is 10.00 Å². The Labute approximate surface area is 86.4 Å². The maximum atomic E-state index is 9.02. The molecule has 0 amide bonds. The number of hydrogen-bond donors (Lipinski definition) is 1. The third-order valence-corrected chi connectivity index (χ3v) is 2.55. The highest BCUT2D eigenvalue weighted by Gasteiger charge is 2.23. The van der Waals surface area contributed by atoms with Crippen LogP contribution in [0, 0.1) is 23.2 Å². The molecular weight excluding hydrogens is 176 g/mol. The summed E-state index contributed by atoms with van der Waals surface area (Å²) in [6, 6.07) is 2.31. The molecule has 0 aromatic rings. The maximum Gasteiger partial charge on any atom is 0.100 e. The number of ether oxygens (including phenoxy) is 1. The molecule has 3 heteroatoms. The van der Waals surface area contributed by atoms with Crippen LogP contribution in [-0.2, 0) is 4.74 Å². The molecule has 2 unspecified atom stereocenters. The van der Waals surface area contributed by atoms with E-state index in [1.807, 2.05) is 0 Å². The van der Waals surface area contributed by atoms with Gasteiger partial charge in [0.05, 0.1) is 12.7 Å². The number of hydrogen-bond acceptors (Lipinski definition) is 3. The highest BCUT2D eigenvalue weighted by molar-refractivity contribution is 4.95. The Morgan fingerprint density at radius 2 is 2.36 bits per heavy atom. The molecule has 3 nitrogen and oxygen atoms in total. The van der Waals surface area contributed by atoms with E-state index < -0.39 is 0 Å². The van der Waals surface area contributed by atoms with Crippen LogP contribution in [0.25, 0.3) is 0 Å². The van der Waals surface area contributed by atoms with Crippen LogP contribution in [-0.4, -0.2) is 25.8 Å². The molecule has 80 valence electrons. The maximum absolute atomic E-state index is 9.02. The molecule has 0 radical (unpaired) electrons. The van der Waals surface area contributed by atoms with Gasteiger partial charge in [-0.05, 0) is 25.3 Å². The lowest BCUT2D eigenvalue weighted by molar-refractivity contribution is 0.0464. The quantitative estimate of drug-likeness (QED) is 0.742. The zero-order valence-electron chi connectivity index (χ0n) is 9.12. The van der Waals surface area contributed by atoms with Gasteiger partial charge in [0, 0.05) is 12.5 Å². The standard InChI is InChI=1S/C11H20N2O/c1-9(2)7-13-11(6-12)10-4-3-5-14-8-10/h9-11,13H,3-5,7-8H2,1-2H3. The highest BCUT2D eigenvalue weighted by atomic mass is 16.5. The topological polar surface area (TPSA) is 45.0 Å². The fourth-order valence-corrected chi connectivity index (χ4v) is 1.71. The molecule has 0 aromatic heterocycles. The molecule has 1 N–H and O–H groups in total. The van der Waals surface area contributed by atoms with E-state index in [1.54, 1.807) is 0 Å². The Morgan fingerprint density at radius 3 is 2.86 bits per heavy atom. The molecule has 14 heavy (non-hydrogen) atoms. The summed E-state index contributed by atoms with van der Waals surface area (Å²) in [6.45, 7) is 6.81. The van der Waals surface area contributed by atoms with Crippen LogP contribution in [0.15, 0.2) is 0 Å². The second-order valence-corrected chi connectivity index (χ2v) is 4.39. The van der Waals surface area contributed by atoms with Gasteiger partial charge in [-0.3, -0.25) is 0 Å². The third kappa shape index (κ3) is 3.65. The molecule has 0 aliphatic carbocycles. The molecule has 1 saturated heterocycles. The van der Waals surface area contributed by atoms with Crippen molar-refractivity contribution in [3.05, 3.63) is 0 Å². The van der Waals surface area contributed by atoms with Crippen molar-refractivity contribution >= 4 is 0 Å². The summed E-state index contributed by atoms with van der Waals surface area (Å²) in [4.78, 5) is 0. The summed E-state index contributed by atoms with van der Waals surface area (Å²) in [5.74, 6) is 0.975. The Kier molecular flexibility index (Phi) is 4.92. The minimum absolute atomic E-state index is 0.0299. The first-order valence-corrected chi connectivity index (χ1v) is 5.44. The van der Waals surface area contributed by atoms with Crippen molar-refractivity contribution in [2.45, 2.75) is 32.7 Å². The Morgan fingerprint density at radius 1 is 1.57 bits per heavy atom. The van der Waals surface area contributed by atoms with E-state index in [2.05, 4.69) is 25.2 Å². The van der Waals surface area contributed by atoms with Gasteiger partial charge >= 0.3 is 0 Å². The second kappa shape index (κ2) is 6.00. The first-order valence-electron chi connectivity index (χ1n) is 5.44. The van der Waals surface area contributed by atoms with Crippen LogP contribution in [0.4, 0.5) is 0 Å². The van der Waals surface area contributed by atoms with E-state index in [9.17, 15) is 0 Å². The van der Waals surface area contributed by atoms with Crippen molar-refractivity contribution in [2.24, 2.45) is 11.8 Å². The number of nitrogens with one attached hydrogen (secondary N) is 1. The van der Waals surface area contributed by atoms with Crippen LogP contribution in [0.3, 0.4) is 0 Å². The van der Waals surface area contributed by atoms with Crippen LogP contribution < -0.4 is 5.32 Å². The van der Waals surface area contributed by atoms with Gasteiger partial charge in [0.2, 0.25) is 0 Å². The summed E-state index contributed by atoms with van der Waals surface area (Å²) in [6.07, 6.45) is 2.20. The number of rotatable bonds is 4. The van der Waals surface area contributed by atoms with Gasteiger partial charge in [-0.15, -0.1) is 0 Å². The van der Waals surface area contributed by atoms with Crippen molar-refractivity contribution in [2.75, 3.05) is 19.8 Å². The van der Waals surface area contributed by atoms with Gasteiger partial charge in [0.15, 0.2) is 0 Å². The van der Waals surface area contributed by atoms with E-state index >= 15 is 0 Å². The number of nitriles is 1. The molecule has 1 aliphatic heterocycles. The van der Waals surface area contributed by atoms with Crippen molar-refractivity contribution in [1.29, 1.82) is 5.26 Å². The predicted octanol–water partition coefficient (Wildman–Crippen LogP) is 1.55. The molecule has 0 saturated carbocycles. The van der Waals surface area contributed by atoms with E-state index in [-0.39, 0.29) is 6.04 Å². The zero-order valence-corrected chi connectivity index (χ0v) is 9.12. The fourth-order valence-electron chi connectivity index (χ4n) is 1.71. The molecule has 0 bridgehead atoms. The zero-order chi connectivity index (χ0) is 10.4. The Bertz CT molecular complexity index is 192. The van der Waals surface area contributed by atoms with Gasteiger partial charge in [-0.1, -0.05) is 13.8 Å². The second-order valence-electron chi connectivity index (χ2n) is 4.39. The van der Waals surface area contributed by atoms with Crippen LogP contribution >= 0.6 is 0 Å². The molecule has 1 heterocycles. The molecule has 1 rings (SSSR count). The van der Waals surface area contributed by atoms with Crippen LogP contribution in [0.1, 0.15) is 26.7 Å². The van der Waals surface area contributed by atoms with Gasteiger partial charge < -0.3 is 10.1 Å². The fraction of sp³-hybridized carbons (Fsp3) is 0.909. The van der Waals surface area contributed by atoms with Crippen LogP contribution in [0.2, 0.25) is 0 Å². The van der Waals surface area contributed by atoms with Gasteiger partial charge in [-0.25, -0.2) is 0 Å². The van der Waals surface area contributed by atoms with Gasteiger partial charge in [0.25, 0.3) is 0 Å². The average molecular weight is 196 g/mol. The Hall–Kier alpha value is -0.590. The molecule has 1 fully saturated rings. The molecule has 2 atom stereocenters. The minimum Gasteiger partial charge on any atom is -0.381 e. The minimum atomic E-state index is -0.0299. The smallest absolute Gasteiger partial charge is 0.100 e. The molecule has 0 aromatic carbocycles. The Balaban J connectivity index is 2.33. The first kappa shape index (κ1) is 11.5.